The van der Waals surface area contributed by atoms with Crippen LogP contribution in [0.3, 0.4) is 0 Å². The Morgan fingerprint density at radius 3 is 2.96 bits per heavy atom. The highest BCUT2D eigenvalue weighted by Gasteiger charge is 2.43. The van der Waals surface area contributed by atoms with Gasteiger partial charge in [-0.1, -0.05) is 17.4 Å². The molecule has 1 aliphatic rings. The van der Waals surface area contributed by atoms with E-state index in [9.17, 15) is 13.6 Å². The first kappa shape index (κ1) is 16.3. The van der Waals surface area contributed by atoms with Crippen LogP contribution in [0.2, 0.25) is 0 Å². The molecule has 2 atom stereocenters. The third kappa shape index (κ3) is 2.68. The van der Waals surface area contributed by atoms with Gasteiger partial charge in [0.25, 0.3) is 0 Å². The number of alkyl halides is 1. The average molecular weight is 384 g/mol. The molecule has 27 heavy (non-hydrogen) atoms. The van der Waals surface area contributed by atoms with Crippen LogP contribution in [-0.4, -0.2) is 27.3 Å². The summed E-state index contributed by atoms with van der Waals surface area (Å²) in [4.78, 5) is 16.3. The standard InChI is InChI=1S/C19H14F2N4OS/c1-8-12(20)6-15-11(7-22-25-15)17(8)9-2-3-14-16(4-9)27-19(23-14)24-18(26)10-5-13(10)21/h2-4,6-7,10,13H,5H2,1H3,(H,22,25)(H,23,24,26)/t10-,13+/m1/s1. The van der Waals surface area contributed by atoms with Crippen molar-refractivity contribution in [3.8, 4) is 11.1 Å². The molecular formula is C19H14F2N4OS. The van der Waals surface area contributed by atoms with Crippen molar-refractivity contribution in [2.45, 2.75) is 19.5 Å². The Bertz CT molecular complexity index is 1220. The lowest BCUT2D eigenvalue weighted by Gasteiger charge is -2.09. The predicted octanol–water partition coefficient (Wildman–Crippen LogP) is 4.58. The molecule has 1 aliphatic carbocycles. The zero-order valence-corrected chi connectivity index (χ0v) is 15.0. The minimum atomic E-state index is -1.04. The number of halogens is 2. The summed E-state index contributed by atoms with van der Waals surface area (Å²) in [6.45, 7) is 1.74. The van der Waals surface area contributed by atoms with Crippen molar-refractivity contribution in [3.05, 3.63) is 41.8 Å². The molecule has 5 rings (SSSR count). The van der Waals surface area contributed by atoms with Crippen molar-refractivity contribution in [2.75, 3.05) is 5.32 Å². The van der Waals surface area contributed by atoms with Gasteiger partial charge in [-0.25, -0.2) is 13.8 Å². The molecule has 1 fully saturated rings. The van der Waals surface area contributed by atoms with Gasteiger partial charge in [0.2, 0.25) is 5.91 Å². The van der Waals surface area contributed by atoms with Crippen molar-refractivity contribution in [2.24, 2.45) is 5.92 Å². The van der Waals surface area contributed by atoms with Crippen LogP contribution in [0.1, 0.15) is 12.0 Å². The molecule has 0 bridgehead atoms. The Balaban J connectivity index is 1.56. The van der Waals surface area contributed by atoms with E-state index < -0.39 is 12.1 Å². The summed E-state index contributed by atoms with van der Waals surface area (Å²) in [6, 6.07) is 7.07. The number of fused-ring (bicyclic) bond motifs is 2. The summed E-state index contributed by atoms with van der Waals surface area (Å²) in [6.07, 6.45) is 0.919. The zero-order valence-electron chi connectivity index (χ0n) is 14.2. The number of hydrogen-bond donors (Lipinski definition) is 2. The molecule has 0 radical (unpaired) electrons. The van der Waals surface area contributed by atoms with Gasteiger partial charge in [-0.3, -0.25) is 9.89 Å². The number of H-pyrrole nitrogens is 1. The first-order chi connectivity index (χ1) is 13.0. The lowest BCUT2D eigenvalue weighted by Crippen LogP contribution is -2.14. The monoisotopic (exact) mass is 384 g/mol. The number of rotatable bonds is 3. The second kappa shape index (κ2) is 5.82. The first-order valence-corrected chi connectivity index (χ1v) is 9.31. The van der Waals surface area contributed by atoms with Crippen molar-refractivity contribution >= 4 is 43.5 Å². The van der Waals surface area contributed by atoms with Gasteiger partial charge in [0, 0.05) is 5.39 Å². The largest absolute Gasteiger partial charge is 0.302 e. The van der Waals surface area contributed by atoms with Crippen LogP contribution >= 0.6 is 11.3 Å². The van der Waals surface area contributed by atoms with E-state index >= 15 is 0 Å². The number of hydrogen-bond acceptors (Lipinski definition) is 4. The lowest BCUT2D eigenvalue weighted by atomic mass is 9.96. The van der Waals surface area contributed by atoms with Crippen LogP contribution in [-0.2, 0) is 4.79 Å². The van der Waals surface area contributed by atoms with Crippen LogP contribution in [0.15, 0.2) is 30.5 Å². The number of carbonyl (C=O) groups excluding carboxylic acids is 1. The van der Waals surface area contributed by atoms with E-state index in [2.05, 4.69) is 20.5 Å². The van der Waals surface area contributed by atoms with Crippen LogP contribution in [0.4, 0.5) is 13.9 Å². The second-order valence-corrected chi connectivity index (χ2v) is 7.77. The lowest BCUT2D eigenvalue weighted by molar-refractivity contribution is -0.117. The maximum atomic E-state index is 14.3. The SMILES string of the molecule is Cc1c(F)cc2[nH]ncc2c1-c1ccc2nc(NC(=O)[C@@H]3C[C@@H]3F)sc2c1. The van der Waals surface area contributed by atoms with Crippen molar-refractivity contribution < 1.29 is 13.6 Å². The second-order valence-electron chi connectivity index (χ2n) is 6.74. The van der Waals surface area contributed by atoms with Gasteiger partial charge in [0.1, 0.15) is 12.0 Å². The molecule has 4 aromatic rings. The number of aromatic amines is 1. The van der Waals surface area contributed by atoms with Crippen molar-refractivity contribution in [3.63, 3.8) is 0 Å². The minimum Gasteiger partial charge on any atom is -0.302 e. The summed E-state index contributed by atoms with van der Waals surface area (Å²) in [5, 5.41) is 10.8. The Morgan fingerprint density at radius 1 is 1.37 bits per heavy atom. The van der Waals surface area contributed by atoms with Gasteiger partial charge < -0.3 is 5.32 Å². The maximum Gasteiger partial charge on any atom is 0.232 e. The number of thiazole rings is 1. The third-order valence-electron chi connectivity index (χ3n) is 4.90. The molecular weight excluding hydrogens is 370 g/mol. The third-order valence-corrected chi connectivity index (χ3v) is 5.83. The van der Waals surface area contributed by atoms with Crippen molar-refractivity contribution in [1.82, 2.24) is 15.2 Å². The van der Waals surface area contributed by atoms with Crippen LogP contribution in [0.5, 0.6) is 0 Å². The highest BCUT2D eigenvalue weighted by molar-refractivity contribution is 7.22. The molecule has 2 aromatic heterocycles. The molecule has 136 valence electrons. The van der Waals surface area contributed by atoms with Gasteiger partial charge in [-0.15, -0.1) is 0 Å². The number of benzene rings is 2. The first-order valence-electron chi connectivity index (χ1n) is 8.49. The zero-order chi connectivity index (χ0) is 18.7. The summed E-state index contributed by atoms with van der Waals surface area (Å²) >= 11 is 1.32. The van der Waals surface area contributed by atoms with E-state index in [1.165, 1.54) is 17.4 Å². The van der Waals surface area contributed by atoms with E-state index in [1.54, 1.807) is 13.1 Å². The summed E-state index contributed by atoms with van der Waals surface area (Å²) < 4.78 is 28.2. The number of amides is 1. The van der Waals surface area contributed by atoms with Crippen LogP contribution < -0.4 is 5.32 Å². The van der Waals surface area contributed by atoms with Gasteiger partial charge in [0.15, 0.2) is 5.13 Å². The minimum absolute atomic E-state index is 0.278. The highest BCUT2D eigenvalue weighted by atomic mass is 32.1. The van der Waals surface area contributed by atoms with Crippen LogP contribution in [0.25, 0.3) is 32.2 Å². The molecule has 8 heteroatoms. The van der Waals surface area contributed by atoms with Crippen molar-refractivity contribution in [1.29, 1.82) is 0 Å². The fraction of sp³-hybridized carbons (Fsp3) is 0.211. The molecule has 0 aliphatic heterocycles. The van der Waals surface area contributed by atoms with E-state index in [0.29, 0.717) is 16.2 Å². The van der Waals surface area contributed by atoms with Gasteiger partial charge in [0.05, 0.1) is 27.8 Å². The number of anilines is 1. The summed E-state index contributed by atoms with van der Waals surface area (Å²) in [5.74, 6) is -1.19. The smallest absolute Gasteiger partial charge is 0.232 e. The topological polar surface area (TPSA) is 70.7 Å². The number of carbonyl (C=O) groups is 1. The van der Waals surface area contributed by atoms with E-state index in [1.807, 2.05) is 18.2 Å². The predicted molar refractivity (Wildman–Crippen MR) is 101 cm³/mol. The molecule has 0 spiro atoms. The van der Waals surface area contributed by atoms with Gasteiger partial charge in [-0.2, -0.15) is 5.10 Å². The number of nitrogens with one attached hydrogen (secondary N) is 2. The highest BCUT2D eigenvalue weighted by Crippen LogP contribution is 2.38. The molecule has 0 unspecified atom stereocenters. The van der Waals surface area contributed by atoms with Crippen LogP contribution in [0, 0.1) is 18.7 Å². The number of nitrogens with zero attached hydrogens (tertiary/aromatic N) is 2. The Morgan fingerprint density at radius 2 is 2.19 bits per heavy atom. The quantitative estimate of drug-likeness (QED) is 0.543. The molecule has 2 N–H and O–H groups in total. The number of aromatic nitrogens is 3. The Labute approximate surface area is 156 Å². The molecule has 0 saturated heterocycles. The van der Waals surface area contributed by atoms with Gasteiger partial charge in [-0.05, 0) is 48.2 Å². The average Bonchev–Trinajstić information content (AvgIpc) is 3.02. The van der Waals surface area contributed by atoms with E-state index in [0.717, 1.165) is 26.7 Å². The normalized spacial score (nSPS) is 18.9. The molecule has 5 nitrogen and oxygen atoms in total. The van der Waals surface area contributed by atoms with E-state index in [-0.39, 0.29) is 18.1 Å². The molecule has 2 heterocycles. The van der Waals surface area contributed by atoms with E-state index in [4.69, 9.17) is 0 Å². The fourth-order valence-corrected chi connectivity index (χ4v) is 4.21. The van der Waals surface area contributed by atoms with Gasteiger partial charge >= 0.3 is 0 Å². The fourth-order valence-electron chi connectivity index (χ4n) is 3.30. The Kier molecular flexibility index (Phi) is 3.51. The summed E-state index contributed by atoms with van der Waals surface area (Å²) in [5.41, 5.74) is 3.53. The maximum absolute atomic E-state index is 14.3. The Hall–Kier alpha value is -2.87. The molecule has 1 amide bonds. The molecule has 1 saturated carbocycles. The summed E-state index contributed by atoms with van der Waals surface area (Å²) in [7, 11) is 0. The molecule has 2 aromatic carbocycles.